The number of H-pyrrole nitrogens is 1. The summed E-state index contributed by atoms with van der Waals surface area (Å²) in [4.78, 5) is 19.7. The lowest BCUT2D eigenvalue weighted by molar-refractivity contribution is 0.254. The van der Waals surface area contributed by atoms with Crippen LogP contribution in [0.15, 0.2) is 94.1 Å². The summed E-state index contributed by atoms with van der Waals surface area (Å²) in [5.74, 6) is 0.337. The molecule has 0 saturated carbocycles. The lowest BCUT2D eigenvalue weighted by atomic mass is 10.0. The smallest absolute Gasteiger partial charge is 0.412 e. The lowest BCUT2D eigenvalue weighted by Gasteiger charge is -2.36. The highest BCUT2D eigenvalue weighted by Gasteiger charge is 2.19. The van der Waals surface area contributed by atoms with Crippen LogP contribution in [0, 0.1) is 0 Å². The number of hydrogen-bond acceptors (Lipinski definition) is 4. The van der Waals surface area contributed by atoms with Gasteiger partial charge in [-0.1, -0.05) is 72.8 Å². The molecule has 34 heavy (non-hydrogen) atoms. The average Bonchev–Trinajstić information content (AvgIpc) is 3.24. The molecule has 1 N–H and O–H groups in total. The van der Waals surface area contributed by atoms with Crippen LogP contribution in [0.5, 0.6) is 0 Å². The van der Waals surface area contributed by atoms with Crippen LogP contribution in [0.3, 0.4) is 0 Å². The Morgan fingerprint density at radius 2 is 1.26 bits per heavy atom. The highest BCUT2D eigenvalue weighted by Crippen LogP contribution is 2.26. The third-order valence-electron chi connectivity index (χ3n) is 6.15. The first-order valence-electron chi connectivity index (χ1n) is 11.2. The highest BCUT2D eigenvalue weighted by molar-refractivity contribution is 5.85. The number of benzene rings is 3. The standard InChI is InChI=1S/C27H27N3O2.2ClH/c31-27-28-26(23-13-11-22(12-14-23)21-7-3-1-4-8-21)25(32-27)15-16-29-17-19-30(20-18-29)24-9-5-2-6-10-24;;/h1-14H,15-20H2,(H,28,31);2*1H. The molecule has 0 radical (unpaired) electrons. The third kappa shape index (κ3) is 5.92. The van der Waals surface area contributed by atoms with Crippen molar-refractivity contribution in [1.82, 2.24) is 9.88 Å². The molecule has 0 bridgehead atoms. The third-order valence-corrected chi connectivity index (χ3v) is 6.15. The maximum Gasteiger partial charge on any atom is 0.416 e. The van der Waals surface area contributed by atoms with Gasteiger partial charge >= 0.3 is 5.76 Å². The van der Waals surface area contributed by atoms with Crippen molar-refractivity contribution in [1.29, 1.82) is 0 Å². The molecule has 1 aromatic heterocycles. The van der Waals surface area contributed by atoms with E-state index in [0.29, 0.717) is 6.42 Å². The van der Waals surface area contributed by atoms with Gasteiger partial charge in [-0.25, -0.2) is 4.79 Å². The fourth-order valence-electron chi connectivity index (χ4n) is 4.36. The van der Waals surface area contributed by atoms with Crippen molar-refractivity contribution in [2.24, 2.45) is 0 Å². The number of nitrogens with zero attached hydrogens (tertiary/aromatic N) is 2. The topological polar surface area (TPSA) is 52.5 Å². The van der Waals surface area contributed by atoms with Gasteiger partial charge < -0.3 is 9.32 Å². The van der Waals surface area contributed by atoms with Crippen LogP contribution in [0.4, 0.5) is 5.69 Å². The van der Waals surface area contributed by atoms with Gasteiger partial charge in [-0.05, 0) is 23.3 Å². The monoisotopic (exact) mass is 497 g/mol. The molecule has 178 valence electrons. The second kappa shape index (κ2) is 11.9. The Morgan fingerprint density at radius 1 is 0.706 bits per heavy atom. The fraction of sp³-hybridized carbons (Fsp3) is 0.222. The summed E-state index contributed by atoms with van der Waals surface area (Å²) in [6.07, 6.45) is 0.708. The highest BCUT2D eigenvalue weighted by atomic mass is 35.5. The van der Waals surface area contributed by atoms with Gasteiger partial charge in [0, 0.05) is 50.4 Å². The number of para-hydroxylation sites is 1. The van der Waals surface area contributed by atoms with Crippen LogP contribution >= 0.6 is 24.8 Å². The van der Waals surface area contributed by atoms with Crippen LogP contribution < -0.4 is 10.7 Å². The van der Waals surface area contributed by atoms with E-state index < -0.39 is 5.76 Å². The molecule has 7 heteroatoms. The number of halogens is 2. The van der Waals surface area contributed by atoms with E-state index in [9.17, 15) is 4.79 Å². The molecule has 0 spiro atoms. The molecule has 1 aliphatic rings. The Morgan fingerprint density at radius 3 is 1.91 bits per heavy atom. The first-order chi connectivity index (χ1) is 15.8. The number of oxazole rings is 1. The number of hydrogen-bond donors (Lipinski definition) is 1. The quantitative estimate of drug-likeness (QED) is 0.381. The van der Waals surface area contributed by atoms with Crippen LogP contribution in [0.1, 0.15) is 5.76 Å². The number of aromatic nitrogens is 1. The zero-order valence-electron chi connectivity index (χ0n) is 18.9. The predicted octanol–water partition coefficient (Wildman–Crippen LogP) is 5.51. The van der Waals surface area contributed by atoms with E-state index in [1.807, 2.05) is 30.3 Å². The zero-order valence-corrected chi connectivity index (χ0v) is 20.5. The molecule has 0 atom stereocenters. The van der Waals surface area contributed by atoms with E-state index in [1.54, 1.807) is 0 Å². The van der Waals surface area contributed by atoms with E-state index in [1.165, 1.54) is 11.3 Å². The van der Waals surface area contributed by atoms with Crippen molar-refractivity contribution in [2.75, 3.05) is 37.6 Å². The minimum absolute atomic E-state index is 0. The van der Waals surface area contributed by atoms with E-state index in [-0.39, 0.29) is 24.8 Å². The van der Waals surface area contributed by atoms with E-state index in [2.05, 4.69) is 69.4 Å². The molecule has 0 unspecified atom stereocenters. The summed E-state index contributed by atoms with van der Waals surface area (Å²) in [5.41, 5.74) is 5.37. The molecule has 0 aliphatic carbocycles. The van der Waals surface area contributed by atoms with Crippen LogP contribution in [-0.2, 0) is 6.42 Å². The molecular weight excluding hydrogens is 469 g/mol. The van der Waals surface area contributed by atoms with Crippen molar-refractivity contribution in [2.45, 2.75) is 6.42 Å². The van der Waals surface area contributed by atoms with Gasteiger partial charge in [0.25, 0.3) is 0 Å². The summed E-state index contributed by atoms with van der Waals surface area (Å²) in [6, 6.07) is 29.1. The summed E-state index contributed by atoms with van der Waals surface area (Å²) < 4.78 is 5.52. The molecule has 1 fully saturated rings. The van der Waals surface area contributed by atoms with Gasteiger partial charge in [-0.3, -0.25) is 9.88 Å². The van der Waals surface area contributed by atoms with Gasteiger partial charge in [0.15, 0.2) is 0 Å². The van der Waals surface area contributed by atoms with Crippen molar-refractivity contribution < 1.29 is 4.42 Å². The second-order valence-electron chi connectivity index (χ2n) is 8.17. The Labute approximate surface area is 212 Å². The molecule has 1 aliphatic heterocycles. The Kier molecular flexibility index (Phi) is 8.99. The van der Waals surface area contributed by atoms with Crippen molar-refractivity contribution in [3.63, 3.8) is 0 Å². The number of rotatable bonds is 6. The molecule has 5 nitrogen and oxygen atoms in total. The predicted molar refractivity (Wildman–Crippen MR) is 143 cm³/mol. The molecule has 1 saturated heterocycles. The Hall–Kier alpha value is -2.99. The van der Waals surface area contributed by atoms with Crippen LogP contribution in [-0.4, -0.2) is 42.6 Å². The van der Waals surface area contributed by atoms with Gasteiger partial charge in [-0.2, -0.15) is 0 Å². The van der Waals surface area contributed by atoms with Crippen LogP contribution in [0.25, 0.3) is 22.4 Å². The maximum absolute atomic E-state index is 12.0. The minimum Gasteiger partial charge on any atom is -0.412 e. The molecule has 5 rings (SSSR count). The molecular formula is C27H29Cl2N3O2. The Bertz CT molecular complexity index is 1200. The van der Waals surface area contributed by atoms with Gasteiger partial charge in [0.1, 0.15) is 5.76 Å². The second-order valence-corrected chi connectivity index (χ2v) is 8.17. The fourth-order valence-corrected chi connectivity index (χ4v) is 4.36. The summed E-state index contributed by atoms with van der Waals surface area (Å²) in [5, 5.41) is 0. The summed E-state index contributed by atoms with van der Waals surface area (Å²) in [6.45, 7) is 4.90. The molecule has 3 aromatic carbocycles. The number of nitrogens with one attached hydrogen (secondary N) is 1. The summed E-state index contributed by atoms with van der Waals surface area (Å²) in [7, 11) is 0. The zero-order chi connectivity index (χ0) is 21.8. The van der Waals surface area contributed by atoms with E-state index >= 15 is 0 Å². The average molecular weight is 498 g/mol. The largest absolute Gasteiger partial charge is 0.416 e. The molecule has 2 heterocycles. The first-order valence-corrected chi connectivity index (χ1v) is 11.2. The van der Waals surface area contributed by atoms with Crippen LogP contribution in [0.2, 0.25) is 0 Å². The minimum atomic E-state index is -0.393. The van der Waals surface area contributed by atoms with Crippen molar-refractivity contribution in [3.8, 4) is 22.4 Å². The van der Waals surface area contributed by atoms with Gasteiger partial charge in [-0.15, -0.1) is 24.8 Å². The first kappa shape index (κ1) is 25.6. The number of piperazine rings is 1. The van der Waals surface area contributed by atoms with Crippen molar-refractivity contribution in [3.05, 3.63) is 101 Å². The summed E-state index contributed by atoms with van der Waals surface area (Å²) >= 11 is 0. The normalized spacial score (nSPS) is 13.7. The van der Waals surface area contributed by atoms with Gasteiger partial charge in [0.05, 0.1) is 5.69 Å². The Balaban J connectivity index is 0.00000162. The number of aromatic amines is 1. The number of anilines is 1. The van der Waals surface area contributed by atoms with Gasteiger partial charge in [0.2, 0.25) is 0 Å². The van der Waals surface area contributed by atoms with E-state index in [0.717, 1.165) is 55.3 Å². The SMILES string of the molecule is Cl.Cl.O=c1[nH]c(-c2ccc(-c3ccccc3)cc2)c(CCN2CCN(c3ccccc3)CC2)o1. The lowest BCUT2D eigenvalue weighted by Crippen LogP contribution is -2.47. The molecule has 0 amide bonds. The van der Waals surface area contributed by atoms with E-state index in [4.69, 9.17) is 4.42 Å². The van der Waals surface area contributed by atoms with Crippen molar-refractivity contribution >= 4 is 30.5 Å². The maximum atomic E-state index is 12.0. The molecule has 4 aromatic rings.